The summed E-state index contributed by atoms with van der Waals surface area (Å²) in [7, 11) is 0. The number of carbonyl (C=O) groups excluding carboxylic acids is 1. The zero-order chi connectivity index (χ0) is 19.3. The summed E-state index contributed by atoms with van der Waals surface area (Å²) in [4.78, 5) is 23.6. The molecule has 0 aliphatic carbocycles. The monoisotopic (exact) mass is 368 g/mol. The van der Waals surface area contributed by atoms with Crippen molar-refractivity contribution in [3.05, 3.63) is 63.6 Å². The molecular formula is C18H19F3N2O3. The van der Waals surface area contributed by atoms with Crippen LogP contribution in [0, 0.1) is 13.8 Å². The van der Waals surface area contributed by atoms with Crippen molar-refractivity contribution in [1.29, 1.82) is 0 Å². The first-order chi connectivity index (χ1) is 12.2. The lowest BCUT2D eigenvalue weighted by Gasteiger charge is -2.13. The Morgan fingerprint density at radius 2 is 1.81 bits per heavy atom. The predicted molar refractivity (Wildman–Crippen MR) is 90.1 cm³/mol. The number of hydrogen-bond donors (Lipinski definition) is 1. The Morgan fingerprint density at radius 3 is 2.42 bits per heavy atom. The van der Waals surface area contributed by atoms with Crippen LogP contribution in [0.15, 0.2) is 41.3 Å². The fourth-order valence-corrected chi connectivity index (χ4v) is 2.46. The Morgan fingerprint density at radius 1 is 1.15 bits per heavy atom. The van der Waals surface area contributed by atoms with Crippen molar-refractivity contribution in [2.45, 2.75) is 26.6 Å². The number of para-hydroxylation sites is 1. The highest BCUT2D eigenvalue weighted by atomic mass is 19.4. The van der Waals surface area contributed by atoms with E-state index < -0.39 is 29.8 Å². The van der Waals surface area contributed by atoms with E-state index in [1.54, 1.807) is 0 Å². The third-order valence-corrected chi connectivity index (χ3v) is 3.72. The summed E-state index contributed by atoms with van der Waals surface area (Å²) in [6.07, 6.45) is -3.61. The van der Waals surface area contributed by atoms with E-state index in [4.69, 9.17) is 4.74 Å². The van der Waals surface area contributed by atoms with Gasteiger partial charge in [-0.3, -0.25) is 9.59 Å². The van der Waals surface area contributed by atoms with Crippen LogP contribution in [0.4, 0.5) is 13.2 Å². The molecule has 0 unspecified atom stereocenters. The third-order valence-electron chi connectivity index (χ3n) is 3.72. The summed E-state index contributed by atoms with van der Waals surface area (Å²) in [5.74, 6) is 0.160. The minimum atomic E-state index is -4.75. The fourth-order valence-electron chi connectivity index (χ4n) is 2.46. The highest BCUT2D eigenvalue weighted by Gasteiger charge is 2.34. The van der Waals surface area contributed by atoms with Gasteiger partial charge in [0.05, 0.1) is 6.54 Å². The second-order valence-corrected chi connectivity index (χ2v) is 5.77. The number of nitrogens with zero attached hydrogens (tertiary/aromatic N) is 1. The molecule has 0 fully saturated rings. The lowest BCUT2D eigenvalue weighted by molar-refractivity contribution is -0.139. The first-order valence-electron chi connectivity index (χ1n) is 7.92. The van der Waals surface area contributed by atoms with Gasteiger partial charge in [-0.25, -0.2) is 0 Å². The number of alkyl halides is 3. The van der Waals surface area contributed by atoms with Crippen LogP contribution in [0.2, 0.25) is 0 Å². The van der Waals surface area contributed by atoms with E-state index in [9.17, 15) is 22.8 Å². The van der Waals surface area contributed by atoms with Gasteiger partial charge in [-0.05, 0) is 37.1 Å². The molecule has 5 nitrogen and oxygen atoms in total. The molecule has 1 aromatic heterocycles. The van der Waals surface area contributed by atoms with Crippen LogP contribution in [0.1, 0.15) is 16.7 Å². The normalized spacial score (nSPS) is 11.3. The van der Waals surface area contributed by atoms with E-state index in [-0.39, 0.29) is 13.2 Å². The van der Waals surface area contributed by atoms with Crippen LogP contribution in [-0.2, 0) is 17.5 Å². The quantitative estimate of drug-likeness (QED) is 0.798. The molecule has 0 aliphatic rings. The number of hydrogen-bond acceptors (Lipinski definition) is 3. The van der Waals surface area contributed by atoms with Crippen LogP contribution >= 0.6 is 0 Å². The lowest BCUT2D eigenvalue weighted by Crippen LogP contribution is -2.36. The molecule has 1 amide bonds. The lowest BCUT2D eigenvalue weighted by atomic mass is 10.1. The number of amides is 1. The number of rotatable bonds is 6. The maximum Gasteiger partial charge on any atom is 0.421 e. The molecule has 0 aliphatic heterocycles. The van der Waals surface area contributed by atoms with E-state index in [1.807, 2.05) is 32.0 Å². The largest absolute Gasteiger partial charge is 0.491 e. The number of carbonyl (C=O) groups is 1. The molecule has 1 heterocycles. The summed E-state index contributed by atoms with van der Waals surface area (Å²) in [5, 5.41) is 2.52. The number of benzene rings is 1. The molecule has 0 atom stereocenters. The van der Waals surface area contributed by atoms with Gasteiger partial charge in [0.25, 0.3) is 5.56 Å². The van der Waals surface area contributed by atoms with Gasteiger partial charge in [0.1, 0.15) is 24.5 Å². The molecule has 2 aromatic rings. The average Bonchev–Trinajstić information content (AvgIpc) is 2.54. The number of pyridine rings is 1. The van der Waals surface area contributed by atoms with Gasteiger partial charge in [0.15, 0.2) is 0 Å². The fraction of sp³-hybridized carbons (Fsp3) is 0.333. The number of aryl methyl sites for hydroxylation is 2. The second-order valence-electron chi connectivity index (χ2n) is 5.77. The van der Waals surface area contributed by atoms with Gasteiger partial charge in [0, 0.05) is 6.20 Å². The zero-order valence-electron chi connectivity index (χ0n) is 14.4. The summed E-state index contributed by atoms with van der Waals surface area (Å²) in [5.41, 5.74) is -0.619. The Balaban J connectivity index is 1.89. The summed E-state index contributed by atoms with van der Waals surface area (Å²) < 4.78 is 44.5. The standard InChI is InChI=1S/C18H19F3N2O3/c1-12-5-3-6-13(2)16(12)26-10-8-22-15(24)11-23-9-4-7-14(17(23)25)18(19,20)21/h3-7,9H,8,10-11H2,1-2H3,(H,22,24). The molecule has 0 saturated heterocycles. The van der Waals surface area contributed by atoms with Crippen LogP contribution in [0.25, 0.3) is 0 Å². The van der Waals surface area contributed by atoms with Crippen LogP contribution in [0.5, 0.6) is 5.75 Å². The average molecular weight is 368 g/mol. The van der Waals surface area contributed by atoms with E-state index in [1.165, 1.54) is 0 Å². The van der Waals surface area contributed by atoms with Crippen LogP contribution < -0.4 is 15.6 Å². The smallest absolute Gasteiger partial charge is 0.421 e. The Bertz CT molecular complexity index is 824. The maximum atomic E-state index is 12.7. The van der Waals surface area contributed by atoms with Crippen LogP contribution in [0.3, 0.4) is 0 Å². The molecule has 1 N–H and O–H groups in total. The highest BCUT2D eigenvalue weighted by molar-refractivity contribution is 5.75. The molecule has 26 heavy (non-hydrogen) atoms. The van der Waals surface area contributed by atoms with Gasteiger partial charge >= 0.3 is 6.18 Å². The molecule has 0 saturated carbocycles. The first kappa shape index (κ1) is 19.6. The van der Waals surface area contributed by atoms with Gasteiger partial charge < -0.3 is 14.6 Å². The minimum Gasteiger partial charge on any atom is -0.491 e. The molecule has 0 radical (unpaired) electrons. The van der Waals surface area contributed by atoms with Crippen molar-refractivity contribution in [2.24, 2.45) is 0 Å². The third kappa shape index (κ3) is 4.87. The van der Waals surface area contributed by atoms with E-state index in [0.717, 1.165) is 33.7 Å². The SMILES string of the molecule is Cc1cccc(C)c1OCCNC(=O)Cn1cccc(C(F)(F)F)c1=O. The van der Waals surface area contributed by atoms with Crippen molar-refractivity contribution in [1.82, 2.24) is 9.88 Å². The number of halogens is 3. The molecule has 0 bridgehead atoms. The topological polar surface area (TPSA) is 60.3 Å². The first-order valence-corrected chi connectivity index (χ1v) is 7.92. The molecule has 140 valence electrons. The van der Waals surface area contributed by atoms with Gasteiger partial charge in [0.2, 0.25) is 5.91 Å². The molecule has 8 heteroatoms. The predicted octanol–water partition coefficient (Wildman–Crippen LogP) is 2.68. The van der Waals surface area contributed by atoms with Gasteiger partial charge in [-0.1, -0.05) is 18.2 Å². The van der Waals surface area contributed by atoms with Gasteiger partial charge in [-0.2, -0.15) is 13.2 Å². The number of aromatic nitrogens is 1. The zero-order valence-corrected chi connectivity index (χ0v) is 14.4. The summed E-state index contributed by atoms with van der Waals surface area (Å²) in [6.45, 7) is 3.68. The molecule has 0 spiro atoms. The maximum absolute atomic E-state index is 12.7. The van der Waals surface area contributed by atoms with Crippen molar-refractivity contribution in [3.8, 4) is 5.75 Å². The van der Waals surface area contributed by atoms with Crippen LogP contribution in [-0.4, -0.2) is 23.6 Å². The Labute approximate surface area is 148 Å². The van der Waals surface area contributed by atoms with Crippen molar-refractivity contribution in [2.75, 3.05) is 13.2 Å². The van der Waals surface area contributed by atoms with Gasteiger partial charge in [-0.15, -0.1) is 0 Å². The van der Waals surface area contributed by atoms with Crippen molar-refractivity contribution < 1.29 is 22.7 Å². The van der Waals surface area contributed by atoms with Crippen molar-refractivity contribution in [3.63, 3.8) is 0 Å². The second kappa shape index (κ2) is 8.07. The van der Waals surface area contributed by atoms with E-state index in [2.05, 4.69) is 5.32 Å². The Kier molecular flexibility index (Phi) is 6.07. The van der Waals surface area contributed by atoms with E-state index >= 15 is 0 Å². The minimum absolute atomic E-state index is 0.167. The molecule has 2 rings (SSSR count). The Hall–Kier alpha value is -2.77. The number of ether oxygens (including phenoxy) is 1. The van der Waals surface area contributed by atoms with E-state index in [0.29, 0.717) is 6.07 Å². The summed E-state index contributed by atoms with van der Waals surface area (Å²) >= 11 is 0. The highest BCUT2D eigenvalue weighted by Crippen LogP contribution is 2.26. The number of nitrogens with one attached hydrogen (secondary N) is 1. The van der Waals surface area contributed by atoms with Crippen molar-refractivity contribution >= 4 is 5.91 Å². The molecule has 1 aromatic carbocycles. The summed E-state index contributed by atoms with van der Waals surface area (Å²) in [6, 6.07) is 7.49. The molecular weight excluding hydrogens is 349 g/mol.